The van der Waals surface area contributed by atoms with E-state index in [4.69, 9.17) is 20.0 Å². The molecule has 0 saturated carbocycles. The lowest BCUT2D eigenvalue weighted by Crippen LogP contribution is -2.59. The molecule has 1 unspecified atom stereocenters. The largest absolute Gasteiger partial charge is 0.428 e. The van der Waals surface area contributed by atoms with Crippen LogP contribution in [-0.4, -0.2) is 79.7 Å². The summed E-state index contributed by atoms with van der Waals surface area (Å²) >= 11 is 0. The summed E-state index contributed by atoms with van der Waals surface area (Å²) in [7, 11) is 0. The van der Waals surface area contributed by atoms with Gasteiger partial charge in [-0.25, -0.2) is 47.5 Å². The number of unbranched alkanes of at least 4 members (excludes halogenated alkanes) is 9. The number of aliphatic imine (C=N–C) groups is 2. The molecule has 2 heterocycles. The molecule has 0 N–H and O–H groups in total. The Hall–Kier alpha value is -7.20. The Labute approximate surface area is 357 Å². The van der Waals surface area contributed by atoms with E-state index in [2.05, 4.69) is 9.98 Å². The van der Waals surface area contributed by atoms with Crippen LogP contribution < -0.4 is 21.8 Å². The smallest absolute Gasteiger partial charge is 0.340 e. The Kier molecular flexibility index (Phi) is 18.5. The maximum atomic E-state index is 13.9. The molecule has 19 nitrogen and oxygen atoms in total. The van der Waals surface area contributed by atoms with Gasteiger partial charge >= 0.3 is 23.1 Å². The number of nitriles is 2. The molecular weight excluding hydrogens is 803 g/mol. The minimum Gasteiger partial charge on any atom is -0.428 e. The average molecular weight is 852 g/mol. The van der Waals surface area contributed by atoms with Crippen LogP contribution in [0.3, 0.4) is 0 Å². The molecule has 1 aliphatic heterocycles. The van der Waals surface area contributed by atoms with Crippen molar-refractivity contribution in [2.24, 2.45) is 9.98 Å². The van der Waals surface area contributed by atoms with E-state index in [1.165, 1.54) is 30.4 Å². The van der Waals surface area contributed by atoms with Gasteiger partial charge in [0.1, 0.15) is 18.3 Å². The van der Waals surface area contributed by atoms with Gasteiger partial charge in [-0.2, -0.15) is 10.3 Å². The fourth-order valence-corrected chi connectivity index (χ4v) is 7.14. The number of urea groups is 1. The Morgan fingerprint density at radius 1 is 0.629 bits per heavy atom. The fourth-order valence-electron chi connectivity index (χ4n) is 7.14. The molecule has 62 heavy (non-hydrogen) atoms. The molecule has 1 fully saturated rings. The molecule has 19 heteroatoms. The molecule has 1 aromatic heterocycles. The van der Waals surface area contributed by atoms with Crippen molar-refractivity contribution < 1.29 is 33.4 Å². The van der Waals surface area contributed by atoms with Crippen molar-refractivity contribution in [1.82, 2.24) is 23.5 Å². The minimum absolute atomic E-state index is 0.0202. The van der Waals surface area contributed by atoms with Crippen LogP contribution in [0.15, 0.2) is 60.8 Å². The lowest BCUT2D eigenvalue weighted by molar-refractivity contribution is -0.145. The second kappa shape index (κ2) is 24.2. The van der Waals surface area contributed by atoms with Gasteiger partial charge in [-0.1, -0.05) is 50.3 Å². The highest BCUT2D eigenvalue weighted by Crippen LogP contribution is 2.31. The van der Waals surface area contributed by atoms with Crippen molar-refractivity contribution in [1.29, 1.82) is 10.5 Å². The quantitative estimate of drug-likeness (QED) is 0.0370. The van der Waals surface area contributed by atoms with Gasteiger partial charge in [-0.15, -0.1) is 5.26 Å². The second-order valence-corrected chi connectivity index (χ2v) is 14.7. The van der Waals surface area contributed by atoms with Crippen LogP contribution in [0.2, 0.25) is 0 Å². The van der Waals surface area contributed by atoms with E-state index in [0.29, 0.717) is 94.7 Å². The fraction of sp³-hybridized carbons (Fsp3) is 0.488. The highest BCUT2D eigenvalue weighted by atomic mass is 16.5. The molecule has 0 radical (unpaired) electrons. The third-order valence-electron chi connectivity index (χ3n) is 10.5. The number of hydrogen-bond acceptors (Lipinski definition) is 14. The van der Waals surface area contributed by atoms with E-state index in [1.54, 1.807) is 44.6 Å². The van der Waals surface area contributed by atoms with Gasteiger partial charge in [0, 0.05) is 32.2 Å². The van der Waals surface area contributed by atoms with Gasteiger partial charge < -0.3 is 9.47 Å². The van der Waals surface area contributed by atoms with Crippen LogP contribution in [0.5, 0.6) is 5.75 Å². The Balaban J connectivity index is 1.50. The number of benzene rings is 2. The molecule has 3 aromatic rings. The average Bonchev–Trinajstić information content (AvgIpc) is 3.25. The Bertz CT molecular complexity index is 2460. The molecule has 2 aromatic carbocycles. The van der Waals surface area contributed by atoms with Crippen LogP contribution in [0.4, 0.5) is 10.5 Å². The number of barbiturate groups is 1. The Morgan fingerprint density at radius 3 is 1.76 bits per heavy atom. The summed E-state index contributed by atoms with van der Waals surface area (Å²) in [6, 6.07) is 8.41. The number of carbonyl (C=O) groups is 3. The molecule has 1 saturated heterocycles. The number of rotatable bonds is 25. The summed E-state index contributed by atoms with van der Waals surface area (Å²) in [6.45, 7) is 3.99. The topological polar surface area (TPSA) is 249 Å². The number of isocyanates is 2. The summed E-state index contributed by atoms with van der Waals surface area (Å²) in [5.74, 6) is -2.61. The first kappa shape index (κ1) is 47.5. The third-order valence-corrected chi connectivity index (χ3v) is 10.5. The van der Waals surface area contributed by atoms with E-state index in [1.807, 2.05) is 0 Å². The van der Waals surface area contributed by atoms with E-state index in [0.717, 1.165) is 23.5 Å². The van der Waals surface area contributed by atoms with Gasteiger partial charge in [0.25, 0.3) is 12.5 Å². The van der Waals surface area contributed by atoms with Crippen LogP contribution in [0.1, 0.15) is 99.7 Å². The minimum atomic E-state index is -1.35. The van der Waals surface area contributed by atoms with Crippen molar-refractivity contribution in [2.75, 3.05) is 26.2 Å². The molecule has 1 atom stereocenters. The van der Waals surface area contributed by atoms with Gasteiger partial charge in [0.15, 0.2) is 0 Å². The second-order valence-electron chi connectivity index (χ2n) is 14.7. The number of carbonyl (C=O) groups excluding carboxylic acids is 5. The first-order chi connectivity index (χ1) is 30.0. The van der Waals surface area contributed by atoms with Crippen LogP contribution in [0, 0.1) is 36.9 Å². The summed E-state index contributed by atoms with van der Waals surface area (Å²) in [6.07, 6.45) is 12.5. The standard InChI is InChI=1S/C43H49N9O10/c1-31-15-17-33(25-35(31)47-30-54)37-38(55)48(20-10-4-3-9-19-46-29-53)40(57)49(39(37)56)21-11-5-6-12-22-50-41(58)51(23-13-7-8-14-24-61-27-44)43(60)52(42(50)59)34-18-16-32(2)36(26-34)62-28-45/h15-18,25-26,37H,3-14,19-24H2,1-2H3. The van der Waals surface area contributed by atoms with Crippen LogP contribution >= 0.6 is 0 Å². The molecule has 0 bridgehead atoms. The SMILES string of the molecule is Cc1ccc(C2C(=O)N(CCCCCCN=C=O)C(=O)N(CCCCCCn3c(=O)n(CCCCCCOC#N)c(=O)n(-c4ccc(C)c(OC#N)c4)c3=O)C2=O)cc1N=C=O. The van der Waals surface area contributed by atoms with E-state index in [9.17, 15) is 38.4 Å². The maximum Gasteiger partial charge on any atom is 0.340 e. The number of ether oxygens (including phenoxy) is 2. The molecule has 0 aliphatic carbocycles. The predicted octanol–water partition coefficient (Wildman–Crippen LogP) is 4.69. The first-order valence-corrected chi connectivity index (χ1v) is 20.5. The zero-order valence-electron chi connectivity index (χ0n) is 34.9. The van der Waals surface area contributed by atoms with Gasteiger partial charge in [-0.05, 0) is 87.6 Å². The predicted molar refractivity (Wildman–Crippen MR) is 222 cm³/mol. The summed E-state index contributed by atoms with van der Waals surface area (Å²) < 4.78 is 12.6. The third kappa shape index (κ3) is 12.2. The molecule has 0 spiro atoms. The van der Waals surface area contributed by atoms with Crippen molar-refractivity contribution >= 4 is 35.7 Å². The van der Waals surface area contributed by atoms with Crippen LogP contribution in [-0.2, 0) is 37.0 Å². The van der Waals surface area contributed by atoms with Crippen molar-refractivity contribution in [3.8, 4) is 23.9 Å². The van der Waals surface area contributed by atoms with E-state index >= 15 is 0 Å². The van der Waals surface area contributed by atoms with Gasteiger partial charge in [-0.3, -0.25) is 19.4 Å². The molecular formula is C43H49N9O10. The number of amides is 4. The summed E-state index contributed by atoms with van der Waals surface area (Å²) in [5, 5.41) is 17.7. The van der Waals surface area contributed by atoms with Gasteiger partial charge in [0.05, 0.1) is 17.9 Å². The first-order valence-electron chi connectivity index (χ1n) is 20.5. The zero-order chi connectivity index (χ0) is 45.0. The number of hydrogen-bond donors (Lipinski definition) is 0. The maximum absolute atomic E-state index is 13.9. The summed E-state index contributed by atoms with van der Waals surface area (Å²) in [4.78, 5) is 113. The molecule has 4 amide bonds. The van der Waals surface area contributed by atoms with Crippen molar-refractivity contribution in [3.05, 3.63) is 84.5 Å². The van der Waals surface area contributed by atoms with E-state index < -0.39 is 40.8 Å². The van der Waals surface area contributed by atoms with Gasteiger partial charge in [0.2, 0.25) is 24.0 Å². The molecule has 4 rings (SSSR count). The number of aryl methyl sites for hydroxylation is 2. The highest BCUT2D eigenvalue weighted by molar-refractivity contribution is 6.19. The lowest BCUT2D eigenvalue weighted by Gasteiger charge is -2.37. The Morgan fingerprint density at radius 2 is 1.19 bits per heavy atom. The van der Waals surface area contributed by atoms with Crippen molar-refractivity contribution in [2.45, 2.75) is 110 Å². The molecule has 1 aliphatic rings. The lowest BCUT2D eigenvalue weighted by atomic mass is 9.92. The summed E-state index contributed by atoms with van der Waals surface area (Å²) in [5.41, 5.74) is -0.665. The molecule has 326 valence electrons. The van der Waals surface area contributed by atoms with Crippen molar-refractivity contribution in [3.63, 3.8) is 0 Å². The number of imide groups is 2. The number of nitrogens with zero attached hydrogens (tertiary/aromatic N) is 9. The monoisotopic (exact) mass is 851 g/mol. The highest BCUT2D eigenvalue weighted by Gasteiger charge is 2.46. The number of aromatic nitrogens is 3. The van der Waals surface area contributed by atoms with Crippen LogP contribution in [0.25, 0.3) is 5.69 Å². The normalized spacial score (nSPS) is 13.5. The van der Waals surface area contributed by atoms with E-state index in [-0.39, 0.29) is 55.5 Å². The zero-order valence-corrected chi connectivity index (χ0v) is 34.9.